The monoisotopic (exact) mass is 250 g/mol. The Morgan fingerprint density at radius 2 is 2.22 bits per heavy atom. The van der Waals surface area contributed by atoms with Crippen LogP contribution in [-0.2, 0) is 7.05 Å². The third-order valence-corrected chi connectivity index (χ3v) is 4.51. The van der Waals surface area contributed by atoms with Crippen LogP contribution in [0.25, 0.3) is 0 Å². The SMILES string of the molecule is CC(c1cnn(C)c1)N(C)C1CCCCC1CN. The molecular weight excluding hydrogens is 224 g/mol. The van der Waals surface area contributed by atoms with Gasteiger partial charge in [-0.3, -0.25) is 9.58 Å². The van der Waals surface area contributed by atoms with E-state index in [1.807, 2.05) is 17.9 Å². The maximum Gasteiger partial charge on any atom is 0.0537 e. The molecule has 4 nitrogen and oxygen atoms in total. The summed E-state index contributed by atoms with van der Waals surface area (Å²) in [5, 5.41) is 4.27. The quantitative estimate of drug-likeness (QED) is 0.888. The second-order valence-electron chi connectivity index (χ2n) is 5.64. The number of rotatable bonds is 4. The first-order chi connectivity index (χ1) is 8.63. The Labute approximate surface area is 110 Å². The number of nitrogens with two attached hydrogens (primary N) is 1. The lowest BCUT2D eigenvalue weighted by molar-refractivity contribution is 0.0989. The summed E-state index contributed by atoms with van der Waals surface area (Å²) >= 11 is 0. The molecule has 102 valence electrons. The molecule has 18 heavy (non-hydrogen) atoms. The molecule has 1 fully saturated rings. The number of hydrogen-bond acceptors (Lipinski definition) is 3. The molecule has 4 heteroatoms. The van der Waals surface area contributed by atoms with Crippen LogP contribution in [0.4, 0.5) is 0 Å². The maximum absolute atomic E-state index is 5.93. The van der Waals surface area contributed by atoms with Gasteiger partial charge in [0.2, 0.25) is 0 Å². The highest BCUT2D eigenvalue weighted by atomic mass is 15.2. The first-order valence-electron chi connectivity index (χ1n) is 7.04. The Bertz CT molecular complexity index is 374. The van der Waals surface area contributed by atoms with Crippen molar-refractivity contribution in [2.75, 3.05) is 13.6 Å². The van der Waals surface area contributed by atoms with Gasteiger partial charge in [0.15, 0.2) is 0 Å². The van der Waals surface area contributed by atoms with E-state index in [0.29, 0.717) is 18.0 Å². The molecule has 0 aromatic carbocycles. The molecule has 0 spiro atoms. The van der Waals surface area contributed by atoms with E-state index < -0.39 is 0 Å². The average Bonchev–Trinajstić information content (AvgIpc) is 2.83. The van der Waals surface area contributed by atoms with Gasteiger partial charge in [-0.2, -0.15) is 5.10 Å². The summed E-state index contributed by atoms with van der Waals surface area (Å²) in [7, 11) is 4.20. The molecular formula is C14H26N4. The molecule has 0 bridgehead atoms. The van der Waals surface area contributed by atoms with Gasteiger partial charge in [0, 0.05) is 30.9 Å². The van der Waals surface area contributed by atoms with Gasteiger partial charge in [0.25, 0.3) is 0 Å². The predicted octanol–water partition coefficient (Wildman–Crippen LogP) is 1.93. The van der Waals surface area contributed by atoms with Gasteiger partial charge in [-0.05, 0) is 39.3 Å². The van der Waals surface area contributed by atoms with Crippen LogP contribution in [0.1, 0.15) is 44.2 Å². The molecule has 1 aliphatic carbocycles. The van der Waals surface area contributed by atoms with E-state index in [0.717, 1.165) is 6.54 Å². The first-order valence-corrected chi connectivity index (χ1v) is 7.04. The number of nitrogens with zero attached hydrogens (tertiary/aromatic N) is 3. The molecule has 1 aromatic heterocycles. The van der Waals surface area contributed by atoms with Crippen LogP contribution in [0.5, 0.6) is 0 Å². The van der Waals surface area contributed by atoms with E-state index in [1.54, 1.807) is 0 Å². The zero-order valence-corrected chi connectivity index (χ0v) is 11.8. The van der Waals surface area contributed by atoms with E-state index in [9.17, 15) is 0 Å². The number of hydrogen-bond donors (Lipinski definition) is 1. The summed E-state index contributed by atoms with van der Waals surface area (Å²) in [6.07, 6.45) is 9.33. The first kappa shape index (κ1) is 13.6. The molecule has 0 amide bonds. The third-order valence-electron chi connectivity index (χ3n) is 4.51. The van der Waals surface area contributed by atoms with Gasteiger partial charge in [-0.15, -0.1) is 0 Å². The van der Waals surface area contributed by atoms with E-state index in [-0.39, 0.29) is 0 Å². The minimum atomic E-state index is 0.413. The van der Waals surface area contributed by atoms with Crippen molar-refractivity contribution in [3.8, 4) is 0 Å². The standard InChI is InChI=1S/C14H26N4/c1-11(13-9-16-17(2)10-13)18(3)14-7-5-4-6-12(14)8-15/h9-12,14H,4-8,15H2,1-3H3. The second kappa shape index (κ2) is 5.85. The summed E-state index contributed by atoms with van der Waals surface area (Å²) < 4.78 is 1.88. The van der Waals surface area contributed by atoms with E-state index in [2.05, 4.69) is 30.2 Å². The van der Waals surface area contributed by atoms with Crippen LogP contribution in [0.15, 0.2) is 12.4 Å². The van der Waals surface area contributed by atoms with Gasteiger partial charge in [0.05, 0.1) is 6.20 Å². The van der Waals surface area contributed by atoms with Crippen molar-refractivity contribution >= 4 is 0 Å². The summed E-state index contributed by atoms with van der Waals surface area (Å²) in [5.41, 5.74) is 7.22. The fraction of sp³-hybridized carbons (Fsp3) is 0.786. The van der Waals surface area contributed by atoms with Crippen molar-refractivity contribution in [2.45, 2.75) is 44.7 Å². The lowest BCUT2D eigenvalue weighted by atomic mass is 9.83. The Hall–Kier alpha value is -0.870. The molecule has 0 radical (unpaired) electrons. The zero-order valence-electron chi connectivity index (χ0n) is 11.8. The highest BCUT2D eigenvalue weighted by molar-refractivity contribution is 5.10. The molecule has 3 atom stereocenters. The molecule has 1 heterocycles. The molecule has 0 aliphatic heterocycles. The van der Waals surface area contributed by atoms with Crippen LogP contribution < -0.4 is 5.73 Å². The lowest BCUT2D eigenvalue weighted by Gasteiger charge is -2.40. The van der Waals surface area contributed by atoms with Crippen LogP contribution in [0, 0.1) is 5.92 Å². The summed E-state index contributed by atoms with van der Waals surface area (Å²) in [5.74, 6) is 0.655. The summed E-state index contributed by atoms with van der Waals surface area (Å²) in [6.45, 7) is 3.08. The van der Waals surface area contributed by atoms with Gasteiger partial charge in [-0.25, -0.2) is 0 Å². The van der Waals surface area contributed by atoms with Crippen molar-refractivity contribution in [1.82, 2.24) is 14.7 Å². The van der Waals surface area contributed by atoms with Gasteiger partial charge >= 0.3 is 0 Å². The van der Waals surface area contributed by atoms with Crippen LogP contribution in [0.3, 0.4) is 0 Å². The Morgan fingerprint density at radius 1 is 1.50 bits per heavy atom. The fourth-order valence-corrected chi connectivity index (χ4v) is 3.18. The van der Waals surface area contributed by atoms with E-state index in [4.69, 9.17) is 5.73 Å². The minimum absolute atomic E-state index is 0.413. The average molecular weight is 250 g/mol. The summed E-state index contributed by atoms with van der Waals surface area (Å²) in [6, 6.07) is 1.04. The molecule has 3 unspecified atom stereocenters. The minimum Gasteiger partial charge on any atom is -0.330 e. The molecule has 1 aromatic rings. The van der Waals surface area contributed by atoms with Gasteiger partial charge in [-0.1, -0.05) is 12.8 Å². The van der Waals surface area contributed by atoms with Crippen molar-refractivity contribution in [2.24, 2.45) is 18.7 Å². The molecule has 1 saturated carbocycles. The molecule has 2 rings (SSSR count). The topological polar surface area (TPSA) is 47.1 Å². The van der Waals surface area contributed by atoms with Gasteiger partial charge in [0.1, 0.15) is 0 Å². The maximum atomic E-state index is 5.93. The zero-order chi connectivity index (χ0) is 13.1. The van der Waals surface area contributed by atoms with E-state index in [1.165, 1.54) is 31.2 Å². The van der Waals surface area contributed by atoms with Crippen LogP contribution in [0.2, 0.25) is 0 Å². The van der Waals surface area contributed by atoms with Crippen molar-refractivity contribution in [3.63, 3.8) is 0 Å². The largest absolute Gasteiger partial charge is 0.330 e. The molecule has 2 N–H and O–H groups in total. The second-order valence-corrected chi connectivity index (χ2v) is 5.64. The van der Waals surface area contributed by atoms with Crippen molar-refractivity contribution in [3.05, 3.63) is 18.0 Å². The van der Waals surface area contributed by atoms with Crippen molar-refractivity contribution < 1.29 is 0 Å². The smallest absolute Gasteiger partial charge is 0.0537 e. The Kier molecular flexibility index (Phi) is 4.40. The number of aryl methyl sites for hydroxylation is 1. The van der Waals surface area contributed by atoms with Gasteiger partial charge < -0.3 is 5.73 Å². The van der Waals surface area contributed by atoms with E-state index >= 15 is 0 Å². The Morgan fingerprint density at radius 3 is 2.83 bits per heavy atom. The third kappa shape index (κ3) is 2.75. The number of aromatic nitrogens is 2. The predicted molar refractivity (Wildman–Crippen MR) is 74.2 cm³/mol. The van der Waals surface area contributed by atoms with Crippen LogP contribution in [-0.4, -0.2) is 34.3 Å². The van der Waals surface area contributed by atoms with Crippen molar-refractivity contribution in [1.29, 1.82) is 0 Å². The highest BCUT2D eigenvalue weighted by Gasteiger charge is 2.30. The Balaban J connectivity index is 2.07. The fourth-order valence-electron chi connectivity index (χ4n) is 3.18. The molecule has 1 aliphatic rings. The lowest BCUT2D eigenvalue weighted by Crippen LogP contribution is -2.44. The molecule has 0 saturated heterocycles. The van der Waals surface area contributed by atoms with Crippen LogP contribution >= 0.6 is 0 Å². The normalized spacial score (nSPS) is 26.5. The highest BCUT2D eigenvalue weighted by Crippen LogP contribution is 2.31. The summed E-state index contributed by atoms with van der Waals surface area (Å²) in [4.78, 5) is 2.49.